The average molecular weight is 234 g/mol. The Balaban J connectivity index is 3.27. The molecule has 1 atom stereocenters. The Kier molecular flexibility index (Phi) is 5.96. The van der Waals surface area contributed by atoms with E-state index in [0.29, 0.717) is 12.3 Å². The van der Waals surface area contributed by atoms with Crippen molar-refractivity contribution in [3.8, 4) is 0 Å². The number of hydrogen-bond acceptors (Lipinski definition) is 1. The highest BCUT2D eigenvalue weighted by Crippen LogP contribution is 2.11. The van der Waals surface area contributed by atoms with Crippen LogP contribution in [0.5, 0.6) is 0 Å². The predicted octanol–water partition coefficient (Wildman–Crippen LogP) is 2.53. The first-order valence-corrected chi connectivity index (χ1v) is 4.40. The summed E-state index contributed by atoms with van der Waals surface area (Å²) in [6, 6.07) is 0. The monoisotopic (exact) mass is 232 g/mol. The Labute approximate surface area is 72.8 Å². The van der Waals surface area contributed by atoms with Crippen molar-refractivity contribution < 1.29 is 4.79 Å². The zero-order valence-corrected chi connectivity index (χ0v) is 7.84. The van der Waals surface area contributed by atoms with Crippen molar-refractivity contribution in [3.63, 3.8) is 0 Å². The fourth-order valence-electron chi connectivity index (χ4n) is 0.370. The van der Waals surface area contributed by atoms with E-state index in [0.717, 1.165) is 6.42 Å². The summed E-state index contributed by atoms with van der Waals surface area (Å²) in [5, 5.41) is -0.347. The smallest absolute Gasteiger partial charge is 0.235 e. The van der Waals surface area contributed by atoms with Gasteiger partial charge in [0.25, 0.3) is 0 Å². The molecule has 0 bridgehead atoms. The highest BCUT2D eigenvalue weighted by molar-refractivity contribution is 9.10. The molecule has 0 heterocycles. The topological polar surface area (TPSA) is 17.1 Å². The molecule has 0 aliphatic rings. The summed E-state index contributed by atoms with van der Waals surface area (Å²) in [5.74, 6) is 0.576. The fourth-order valence-corrected chi connectivity index (χ4v) is 0.957. The maximum atomic E-state index is 10.3. The van der Waals surface area contributed by atoms with Crippen molar-refractivity contribution in [3.05, 3.63) is 0 Å². The third-order valence-electron chi connectivity index (χ3n) is 0.837. The minimum atomic E-state index is -0.347. The van der Waals surface area contributed by atoms with Crippen molar-refractivity contribution in [2.24, 2.45) is 0 Å². The molecule has 0 aromatic heterocycles. The first kappa shape index (κ1) is 9.73. The van der Waals surface area contributed by atoms with Crippen LogP contribution < -0.4 is 0 Å². The fraction of sp³-hybridized carbons (Fsp3) is 0.800. The van der Waals surface area contributed by atoms with Crippen molar-refractivity contribution in [2.45, 2.75) is 17.7 Å². The van der Waals surface area contributed by atoms with Crippen LogP contribution >= 0.6 is 39.1 Å². The normalized spacial score (nSPS) is 13.2. The van der Waals surface area contributed by atoms with Crippen molar-refractivity contribution in [2.75, 3.05) is 5.88 Å². The Hall–Kier alpha value is 0.730. The van der Waals surface area contributed by atoms with E-state index in [9.17, 15) is 4.79 Å². The minimum Gasteiger partial charge on any atom is -0.280 e. The predicted molar refractivity (Wildman–Crippen MR) is 43.5 cm³/mol. The molecule has 0 fully saturated rings. The number of rotatable bonds is 4. The number of hydrogen-bond donors (Lipinski definition) is 0. The van der Waals surface area contributed by atoms with Gasteiger partial charge in [0.2, 0.25) is 5.24 Å². The largest absolute Gasteiger partial charge is 0.280 e. The Bertz CT molecular complexity index is 97.0. The van der Waals surface area contributed by atoms with Crippen molar-refractivity contribution in [1.82, 2.24) is 0 Å². The second-order valence-corrected chi connectivity index (χ2v) is 3.46. The molecule has 0 rings (SSSR count). The van der Waals surface area contributed by atoms with Crippen LogP contribution in [-0.4, -0.2) is 15.9 Å². The zero-order chi connectivity index (χ0) is 7.28. The molecule has 0 saturated carbocycles. The molecule has 9 heavy (non-hydrogen) atoms. The van der Waals surface area contributed by atoms with Gasteiger partial charge < -0.3 is 0 Å². The van der Waals surface area contributed by atoms with Crippen LogP contribution in [0.2, 0.25) is 0 Å². The van der Waals surface area contributed by atoms with Crippen LogP contribution in [0.25, 0.3) is 0 Å². The molecule has 4 heteroatoms. The highest BCUT2D eigenvalue weighted by atomic mass is 79.9. The third kappa shape index (κ3) is 5.19. The lowest BCUT2D eigenvalue weighted by molar-refractivity contribution is -0.111. The van der Waals surface area contributed by atoms with Gasteiger partial charge in [-0.3, -0.25) is 4.79 Å². The summed E-state index contributed by atoms with van der Waals surface area (Å²) < 4.78 is 0. The number of carbonyl (C=O) groups excluding carboxylic acids is 1. The molecule has 0 amide bonds. The molecule has 0 spiro atoms. The lowest BCUT2D eigenvalue weighted by atomic mass is 10.3. The van der Waals surface area contributed by atoms with E-state index >= 15 is 0 Å². The molecule has 54 valence electrons. The molecular formula is C5H7BrCl2O. The van der Waals surface area contributed by atoms with Gasteiger partial charge in [-0.2, -0.15) is 0 Å². The van der Waals surface area contributed by atoms with Crippen LogP contribution in [0.1, 0.15) is 12.8 Å². The van der Waals surface area contributed by atoms with E-state index in [4.69, 9.17) is 23.2 Å². The zero-order valence-electron chi connectivity index (χ0n) is 4.74. The third-order valence-corrected chi connectivity index (χ3v) is 2.51. The van der Waals surface area contributed by atoms with Gasteiger partial charge in [0.1, 0.15) is 0 Å². The maximum absolute atomic E-state index is 10.3. The van der Waals surface area contributed by atoms with E-state index in [1.807, 2.05) is 0 Å². The molecule has 0 aliphatic carbocycles. The summed E-state index contributed by atoms with van der Waals surface area (Å²) in [6.45, 7) is 0. The van der Waals surface area contributed by atoms with E-state index in [1.54, 1.807) is 0 Å². The van der Waals surface area contributed by atoms with Crippen LogP contribution in [0.15, 0.2) is 0 Å². The molecule has 0 saturated heterocycles. The van der Waals surface area contributed by atoms with Crippen LogP contribution in [0.3, 0.4) is 0 Å². The summed E-state index contributed by atoms with van der Waals surface area (Å²) >= 11 is 13.6. The molecule has 0 radical (unpaired) electrons. The van der Waals surface area contributed by atoms with E-state index < -0.39 is 0 Å². The molecule has 0 aliphatic heterocycles. The van der Waals surface area contributed by atoms with Gasteiger partial charge in [0.15, 0.2) is 0 Å². The van der Waals surface area contributed by atoms with Gasteiger partial charge in [-0.15, -0.1) is 11.6 Å². The molecule has 0 aromatic carbocycles. The first-order valence-electron chi connectivity index (χ1n) is 2.58. The Morgan fingerprint density at radius 3 is 2.56 bits per heavy atom. The van der Waals surface area contributed by atoms with E-state index in [2.05, 4.69) is 15.9 Å². The van der Waals surface area contributed by atoms with Gasteiger partial charge in [-0.25, -0.2) is 0 Å². The Morgan fingerprint density at radius 2 is 2.22 bits per heavy atom. The average Bonchev–Trinajstić information content (AvgIpc) is 1.82. The van der Waals surface area contributed by atoms with Crippen LogP contribution in [0, 0.1) is 0 Å². The summed E-state index contributed by atoms with van der Waals surface area (Å²) in [6.07, 6.45) is 1.53. The quantitative estimate of drug-likeness (QED) is 0.539. The van der Waals surface area contributed by atoms with E-state index in [1.165, 1.54) is 0 Å². The molecular weight excluding hydrogens is 227 g/mol. The van der Waals surface area contributed by atoms with Crippen LogP contribution in [0.4, 0.5) is 0 Å². The second-order valence-electron chi connectivity index (χ2n) is 1.60. The van der Waals surface area contributed by atoms with Gasteiger partial charge in [0, 0.05) is 5.88 Å². The summed E-state index contributed by atoms with van der Waals surface area (Å²) in [5.41, 5.74) is 0. The van der Waals surface area contributed by atoms with Crippen molar-refractivity contribution >= 4 is 44.4 Å². The molecule has 1 unspecified atom stereocenters. The van der Waals surface area contributed by atoms with Gasteiger partial charge >= 0.3 is 0 Å². The minimum absolute atomic E-state index is 0.224. The lowest BCUT2D eigenvalue weighted by Gasteiger charge is -1.99. The molecule has 1 nitrogen and oxygen atoms in total. The summed E-state index contributed by atoms with van der Waals surface area (Å²) in [4.78, 5) is 10.1. The second kappa shape index (κ2) is 5.51. The number of carbonyl (C=O) groups is 1. The van der Waals surface area contributed by atoms with Crippen LogP contribution in [-0.2, 0) is 4.79 Å². The summed E-state index contributed by atoms with van der Waals surface area (Å²) in [7, 11) is 0. The van der Waals surface area contributed by atoms with Gasteiger partial charge in [-0.05, 0) is 24.4 Å². The molecule has 0 N–H and O–H groups in total. The van der Waals surface area contributed by atoms with Gasteiger partial charge in [0.05, 0.1) is 4.83 Å². The Morgan fingerprint density at radius 1 is 1.67 bits per heavy atom. The lowest BCUT2D eigenvalue weighted by Crippen LogP contribution is -2.06. The standard InChI is InChI=1S/C5H7BrCl2O/c6-4(5(8)9)2-1-3-7/h4H,1-3H2. The van der Waals surface area contributed by atoms with Crippen molar-refractivity contribution in [1.29, 1.82) is 0 Å². The van der Waals surface area contributed by atoms with Gasteiger partial charge in [-0.1, -0.05) is 15.9 Å². The van der Waals surface area contributed by atoms with E-state index in [-0.39, 0.29) is 10.1 Å². The SMILES string of the molecule is O=C(Cl)C(Br)CCCCl. The number of alkyl halides is 2. The number of halogens is 3. The highest BCUT2D eigenvalue weighted by Gasteiger charge is 2.09. The maximum Gasteiger partial charge on any atom is 0.235 e. The molecule has 0 aromatic rings. The first-order chi connectivity index (χ1) is 4.18.